The fraction of sp³-hybridized carbons (Fsp3) is 0.154. The number of para-hydroxylation sites is 1. The molecule has 0 radical (unpaired) electrons. The maximum absolute atomic E-state index is 11.5. The van der Waals surface area contributed by atoms with Crippen LogP contribution < -0.4 is 10.1 Å². The Balaban J connectivity index is 1.75. The summed E-state index contributed by atoms with van der Waals surface area (Å²) >= 11 is 0. The number of aromatic nitrogens is 2. The first kappa shape index (κ1) is 13.6. The van der Waals surface area contributed by atoms with E-state index in [4.69, 9.17) is 9.84 Å². The van der Waals surface area contributed by atoms with Crippen molar-refractivity contribution in [1.29, 1.82) is 0 Å². The number of carboxylic acid groups (broad SMARTS) is 1. The summed E-state index contributed by atoms with van der Waals surface area (Å²) < 4.78 is 6.60. The van der Waals surface area contributed by atoms with Gasteiger partial charge in [0, 0.05) is 19.3 Å². The molecule has 0 saturated heterocycles. The molecular formula is C13H13N3O4. The average Bonchev–Trinajstić information content (AvgIpc) is 2.89. The van der Waals surface area contributed by atoms with Crippen LogP contribution in [0.25, 0.3) is 0 Å². The quantitative estimate of drug-likeness (QED) is 0.859. The summed E-state index contributed by atoms with van der Waals surface area (Å²) in [7, 11) is 0. The number of imidazole rings is 1. The van der Waals surface area contributed by atoms with Crippen molar-refractivity contribution in [3.63, 3.8) is 0 Å². The third-order valence-electron chi connectivity index (χ3n) is 2.45. The number of nitrogens with one attached hydrogen (secondary N) is 1. The van der Waals surface area contributed by atoms with Gasteiger partial charge in [0.05, 0.1) is 6.33 Å². The zero-order chi connectivity index (χ0) is 14.4. The van der Waals surface area contributed by atoms with Crippen LogP contribution in [-0.4, -0.2) is 33.3 Å². The maximum atomic E-state index is 11.5. The Bertz CT molecular complexity index is 595. The summed E-state index contributed by atoms with van der Waals surface area (Å²) in [5.74, 6) is -0.624. The molecule has 2 aromatic rings. The summed E-state index contributed by atoms with van der Waals surface area (Å²) in [6.07, 6.45) is 2.23. The predicted octanol–water partition coefficient (Wildman–Crippen LogP) is 1.37. The highest BCUT2D eigenvalue weighted by molar-refractivity contribution is 5.84. The molecule has 7 nitrogen and oxygen atoms in total. The van der Waals surface area contributed by atoms with Crippen molar-refractivity contribution in [1.82, 2.24) is 14.9 Å². The number of nitrogens with zero attached hydrogens (tertiary/aromatic N) is 2. The minimum atomic E-state index is -1.08. The predicted molar refractivity (Wildman–Crippen MR) is 69.7 cm³/mol. The molecule has 1 aromatic heterocycles. The van der Waals surface area contributed by atoms with Gasteiger partial charge in [-0.3, -0.25) is 0 Å². The van der Waals surface area contributed by atoms with Crippen LogP contribution in [0.2, 0.25) is 0 Å². The lowest BCUT2D eigenvalue weighted by Crippen LogP contribution is -2.29. The van der Waals surface area contributed by atoms with Crippen LogP contribution in [-0.2, 0) is 6.54 Å². The first-order chi connectivity index (χ1) is 9.65. The second-order valence-electron chi connectivity index (χ2n) is 3.93. The fourth-order valence-corrected chi connectivity index (χ4v) is 1.51. The molecule has 0 aliphatic carbocycles. The molecule has 7 heteroatoms. The van der Waals surface area contributed by atoms with Gasteiger partial charge in [0.2, 0.25) is 0 Å². The molecule has 1 heterocycles. The Morgan fingerprint density at radius 2 is 2.05 bits per heavy atom. The van der Waals surface area contributed by atoms with Crippen LogP contribution in [0, 0.1) is 0 Å². The first-order valence-electron chi connectivity index (χ1n) is 5.91. The number of carbonyl (C=O) groups excluding carboxylic acids is 1. The van der Waals surface area contributed by atoms with Gasteiger partial charge >= 0.3 is 12.1 Å². The van der Waals surface area contributed by atoms with E-state index in [9.17, 15) is 9.59 Å². The average molecular weight is 275 g/mol. The number of benzene rings is 1. The zero-order valence-electron chi connectivity index (χ0n) is 10.5. The second-order valence-corrected chi connectivity index (χ2v) is 3.93. The van der Waals surface area contributed by atoms with Crippen LogP contribution in [0.3, 0.4) is 0 Å². The van der Waals surface area contributed by atoms with Gasteiger partial charge in [-0.15, -0.1) is 0 Å². The number of ether oxygens (including phenoxy) is 1. The first-order valence-corrected chi connectivity index (χ1v) is 5.91. The minimum absolute atomic E-state index is 0.0307. The molecule has 0 aliphatic heterocycles. The number of hydrogen-bond donors (Lipinski definition) is 2. The SMILES string of the molecule is O=C(NCCn1cnc(C(=O)O)c1)Oc1ccccc1. The molecule has 104 valence electrons. The molecule has 0 fully saturated rings. The van der Waals surface area contributed by atoms with Gasteiger partial charge in [-0.2, -0.15) is 0 Å². The summed E-state index contributed by atoms with van der Waals surface area (Å²) in [5, 5.41) is 11.3. The lowest BCUT2D eigenvalue weighted by atomic mass is 10.3. The molecule has 1 amide bonds. The van der Waals surface area contributed by atoms with Crippen molar-refractivity contribution in [3.05, 3.63) is 48.5 Å². The van der Waals surface area contributed by atoms with Crippen molar-refractivity contribution in [2.24, 2.45) is 0 Å². The summed E-state index contributed by atoms with van der Waals surface area (Å²) in [6.45, 7) is 0.714. The third-order valence-corrected chi connectivity index (χ3v) is 2.45. The molecule has 1 aromatic carbocycles. The largest absolute Gasteiger partial charge is 0.476 e. The van der Waals surface area contributed by atoms with E-state index in [2.05, 4.69) is 10.3 Å². The van der Waals surface area contributed by atoms with E-state index in [1.54, 1.807) is 28.8 Å². The molecule has 20 heavy (non-hydrogen) atoms. The number of carboxylic acids is 1. The standard InChI is InChI=1S/C13H13N3O4/c17-12(18)11-8-16(9-15-11)7-6-14-13(19)20-10-4-2-1-3-5-10/h1-5,8-9H,6-7H2,(H,14,19)(H,17,18). The van der Waals surface area contributed by atoms with Crippen LogP contribution >= 0.6 is 0 Å². The van der Waals surface area contributed by atoms with Crippen molar-refractivity contribution >= 4 is 12.1 Å². The third kappa shape index (κ3) is 3.84. The fourth-order valence-electron chi connectivity index (χ4n) is 1.51. The van der Waals surface area contributed by atoms with Crippen LogP contribution in [0.1, 0.15) is 10.5 Å². The van der Waals surface area contributed by atoms with Gasteiger partial charge in [0.15, 0.2) is 5.69 Å². The van der Waals surface area contributed by atoms with Crippen molar-refractivity contribution in [2.45, 2.75) is 6.54 Å². The lowest BCUT2D eigenvalue weighted by Gasteiger charge is -2.06. The molecule has 0 saturated carbocycles. The highest BCUT2D eigenvalue weighted by Gasteiger charge is 2.07. The van der Waals surface area contributed by atoms with Gasteiger partial charge in [-0.05, 0) is 12.1 Å². The topological polar surface area (TPSA) is 93.5 Å². The smallest absolute Gasteiger partial charge is 0.412 e. The van der Waals surface area contributed by atoms with E-state index in [-0.39, 0.29) is 5.69 Å². The van der Waals surface area contributed by atoms with E-state index >= 15 is 0 Å². The molecule has 0 spiro atoms. The van der Waals surface area contributed by atoms with E-state index in [1.165, 1.54) is 12.5 Å². The molecule has 0 aliphatic rings. The van der Waals surface area contributed by atoms with Crippen LogP contribution in [0.5, 0.6) is 5.75 Å². The number of rotatable bonds is 5. The Labute approximate surface area is 114 Å². The Hall–Kier alpha value is -2.83. The highest BCUT2D eigenvalue weighted by atomic mass is 16.6. The second kappa shape index (κ2) is 6.37. The van der Waals surface area contributed by atoms with Gasteiger partial charge < -0.3 is 19.7 Å². The number of amides is 1. The van der Waals surface area contributed by atoms with Crippen molar-refractivity contribution < 1.29 is 19.4 Å². The molecule has 0 atom stereocenters. The summed E-state index contributed by atoms with van der Waals surface area (Å²) in [4.78, 5) is 25.8. The molecule has 0 bridgehead atoms. The van der Waals surface area contributed by atoms with Crippen molar-refractivity contribution in [3.8, 4) is 5.75 Å². The minimum Gasteiger partial charge on any atom is -0.476 e. The van der Waals surface area contributed by atoms with E-state index < -0.39 is 12.1 Å². The molecule has 2 rings (SSSR count). The Morgan fingerprint density at radius 3 is 2.70 bits per heavy atom. The van der Waals surface area contributed by atoms with Gasteiger partial charge in [0.25, 0.3) is 0 Å². The zero-order valence-corrected chi connectivity index (χ0v) is 10.5. The maximum Gasteiger partial charge on any atom is 0.412 e. The van der Waals surface area contributed by atoms with Crippen LogP contribution in [0.4, 0.5) is 4.79 Å². The van der Waals surface area contributed by atoms with E-state index in [1.807, 2.05) is 6.07 Å². The Kier molecular flexibility index (Phi) is 4.33. The summed E-state index contributed by atoms with van der Waals surface area (Å²) in [6, 6.07) is 8.70. The monoisotopic (exact) mass is 275 g/mol. The molecule has 2 N–H and O–H groups in total. The van der Waals surface area contributed by atoms with E-state index in [0.29, 0.717) is 18.8 Å². The number of hydrogen-bond acceptors (Lipinski definition) is 4. The molecular weight excluding hydrogens is 262 g/mol. The Morgan fingerprint density at radius 1 is 1.30 bits per heavy atom. The van der Waals surface area contributed by atoms with Gasteiger partial charge in [-0.1, -0.05) is 18.2 Å². The van der Waals surface area contributed by atoms with Crippen molar-refractivity contribution in [2.75, 3.05) is 6.54 Å². The van der Waals surface area contributed by atoms with Crippen LogP contribution in [0.15, 0.2) is 42.9 Å². The normalized spacial score (nSPS) is 10.0. The summed E-state index contributed by atoms with van der Waals surface area (Å²) in [5.41, 5.74) is -0.0307. The van der Waals surface area contributed by atoms with E-state index in [0.717, 1.165) is 0 Å². The van der Waals surface area contributed by atoms with Gasteiger partial charge in [-0.25, -0.2) is 14.6 Å². The van der Waals surface area contributed by atoms with Gasteiger partial charge in [0.1, 0.15) is 5.75 Å². The lowest BCUT2D eigenvalue weighted by molar-refractivity contribution is 0.0691. The number of aromatic carboxylic acids is 1. The number of carbonyl (C=O) groups is 2. The highest BCUT2D eigenvalue weighted by Crippen LogP contribution is 2.07. The molecule has 0 unspecified atom stereocenters.